The highest BCUT2D eigenvalue weighted by atomic mass is 15.1. The average Bonchev–Trinajstić information content (AvgIpc) is 2.69. The van der Waals surface area contributed by atoms with E-state index in [1.54, 1.807) is 0 Å². The number of anilines is 1. The predicted molar refractivity (Wildman–Crippen MR) is 64.4 cm³/mol. The summed E-state index contributed by atoms with van der Waals surface area (Å²) in [4.78, 5) is 6.97. The smallest absolute Gasteiger partial charge is 0.0552 e. The van der Waals surface area contributed by atoms with Crippen molar-refractivity contribution in [1.82, 2.24) is 4.98 Å². The van der Waals surface area contributed by atoms with Crippen LogP contribution >= 0.6 is 0 Å². The minimum Gasteiger partial charge on any atom is -0.370 e. The molecule has 0 N–H and O–H groups in total. The van der Waals surface area contributed by atoms with Gasteiger partial charge in [-0.05, 0) is 25.0 Å². The summed E-state index contributed by atoms with van der Waals surface area (Å²) in [6.07, 6.45) is 4.66. The maximum absolute atomic E-state index is 4.55. The lowest BCUT2D eigenvalue weighted by molar-refractivity contribution is 0.569. The number of nitrogens with zero attached hydrogens (tertiary/aromatic N) is 2. The van der Waals surface area contributed by atoms with Crippen LogP contribution in [0.4, 0.5) is 5.69 Å². The van der Waals surface area contributed by atoms with Gasteiger partial charge in [-0.15, -0.1) is 0 Å². The SMILES string of the molecule is CC(C)(C)c1ccc(N2CCCC2)cn1. The van der Waals surface area contributed by atoms with E-state index in [1.807, 2.05) is 6.20 Å². The molecule has 1 saturated heterocycles. The van der Waals surface area contributed by atoms with Crippen LogP contribution in [0.2, 0.25) is 0 Å². The van der Waals surface area contributed by atoms with Crippen molar-refractivity contribution in [2.45, 2.75) is 39.0 Å². The predicted octanol–water partition coefficient (Wildman–Crippen LogP) is 2.98. The molecule has 0 amide bonds. The first-order chi connectivity index (χ1) is 7.07. The minimum absolute atomic E-state index is 0.156. The summed E-state index contributed by atoms with van der Waals surface area (Å²) >= 11 is 0. The van der Waals surface area contributed by atoms with Crippen LogP contribution in [0.25, 0.3) is 0 Å². The van der Waals surface area contributed by atoms with E-state index in [-0.39, 0.29) is 5.41 Å². The van der Waals surface area contributed by atoms with Crippen LogP contribution in [-0.2, 0) is 5.41 Å². The fourth-order valence-corrected chi connectivity index (χ4v) is 1.99. The molecule has 2 heteroatoms. The Balaban J connectivity index is 2.16. The lowest BCUT2D eigenvalue weighted by Crippen LogP contribution is -2.19. The quantitative estimate of drug-likeness (QED) is 0.699. The van der Waals surface area contributed by atoms with Gasteiger partial charge in [0.2, 0.25) is 0 Å². The Hall–Kier alpha value is -1.05. The Morgan fingerprint density at radius 3 is 2.27 bits per heavy atom. The zero-order chi connectivity index (χ0) is 10.9. The van der Waals surface area contributed by atoms with Crippen molar-refractivity contribution in [3.63, 3.8) is 0 Å². The van der Waals surface area contributed by atoms with E-state index in [0.29, 0.717) is 0 Å². The van der Waals surface area contributed by atoms with Gasteiger partial charge < -0.3 is 4.90 Å². The van der Waals surface area contributed by atoms with Crippen LogP contribution in [-0.4, -0.2) is 18.1 Å². The zero-order valence-electron chi connectivity index (χ0n) is 9.95. The molecule has 1 aromatic heterocycles. The molecular formula is C13H20N2. The number of pyridine rings is 1. The van der Waals surface area contributed by atoms with Crippen LogP contribution < -0.4 is 4.90 Å². The number of aromatic nitrogens is 1. The maximum atomic E-state index is 4.55. The Morgan fingerprint density at radius 2 is 1.80 bits per heavy atom. The second-order valence-corrected chi connectivity index (χ2v) is 5.35. The van der Waals surface area contributed by atoms with Gasteiger partial charge in [0.1, 0.15) is 0 Å². The highest BCUT2D eigenvalue weighted by molar-refractivity contribution is 5.45. The van der Waals surface area contributed by atoms with Crippen LogP contribution in [0.1, 0.15) is 39.3 Å². The third kappa shape index (κ3) is 2.31. The van der Waals surface area contributed by atoms with Crippen LogP contribution in [0.3, 0.4) is 0 Å². The second-order valence-electron chi connectivity index (χ2n) is 5.35. The van der Waals surface area contributed by atoms with Crippen molar-refractivity contribution in [2.75, 3.05) is 18.0 Å². The van der Waals surface area contributed by atoms with Crippen LogP contribution in [0.5, 0.6) is 0 Å². The van der Waals surface area contributed by atoms with Gasteiger partial charge in [0.15, 0.2) is 0 Å². The van der Waals surface area contributed by atoms with Gasteiger partial charge in [-0.2, -0.15) is 0 Å². The molecule has 0 spiro atoms. The van der Waals surface area contributed by atoms with E-state index >= 15 is 0 Å². The summed E-state index contributed by atoms with van der Waals surface area (Å²) in [5.74, 6) is 0. The molecule has 0 bridgehead atoms. The van der Waals surface area contributed by atoms with Crippen LogP contribution in [0, 0.1) is 0 Å². The topological polar surface area (TPSA) is 16.1 Å². The van der Waals surface area contributed by atoms with Crippen molar-refractivity contribution < 1.29 is 0 Å². The van der Waals surface area contributed by atoms with Crippen molar-refractivity contribution in [2.24, 2.45) is 0 Å². The first kappa shape index (κ1) is 10.5. The molecule has 0 saturated carbocycles. The normalized spacial score (nSPS) is 17.1. The summed E-state index contributed by atoms with van der Waals surface area (Å²) in [7, 11) is 0. The molecule has 2 nitrogen and oxygen atoms in total. The van der Waals surface area contributed by atoms with Gasteiger partial charge in [-0.1, -0.05) is 20.8 Å². The van der Waals surface area contributed by atoms with E-state index in [1.165, 1.54) is 37.3 Å². The number of hydrogen-bond acceptors (Lipinski definition) is 2. The van der Waals surface area contributed by atoms with Gasteiger partial charge in [0, 0.05) is 24.2 Å². The molecule has 1 aromatic rings. The molecule has 0 atom stereocenters. The Labute approximate surface area is 92.3 Å². The lowest BCUT2D eigenvalue weighted by atomic mass is 9.92. The Kier molecular flexibility index (Phi) is 2.68. The molecule has 0 aromatic carbocycles. The Bertz CT molecular complexity index is 315. The van der Waals surface area contributed by atoms with Crippen molar-refractivity contribution >= 4 is 5.69 Å². The van der Waals surface area contributed by atoms with Gasteiger partial charge in [0.25, 0.3) is 0 Å². The highest BCUT2D eigenvalue weighted by Crippen LogP contribution is 2.24. The third-order valence-corrected chi connectivity index (χ3v) is 2.99. The van der Waals surface area contributed by atoms with Crippen molar-refractivity contribution in [1.29, 1.82) is 0 Å². The highest BCUT2D eigenvalue weighted by Gasteiger charge is 2.17. The fourth-order valence-electron chi connectivity index (χ4n) is 1.99. The van der Waals surface area contributed by atoms with Crippen molar-refractivity contribution in [3.8, 4) is 0 Å². The first-order valence-corrected chi connectivity index (χ1v) is 5.79. The van der Waals surface area contributed by atoms with Gasteiger partial charge >= 0.3 is 0 Å². The largest absolute Gasteiger partial charge is 0.370 e. The lowest BCUT2D eigenvalue weighted by Gasteiger charge is -2.21. The Morgan fingerprint density at radius 1 is 1.13 bits per heavy atom. The minimum atomic E-state index is 0.156. The molecular weight excluding hydrogens is 184 g/mol. The van der Waals surface area contributed by atoms with Crippen molar-refractivity contribution in [3.05, 3.63) is 24.0 Å². The summed E-state index contributed by atoms with van der Waals surface area (Å²) in [6.45, 7) is 8.98. The standard InChI is InChI=1S/C13H20N2/c1-13(2,3)12-7-6-11(10-14-12)15-8-4-5-9-15/h6-7,10H,4-5,8-9H2,1-3H3. The third-order valence-electron chi connectivity index (χ3n) is 2.99. The second kappa shape index (κ2) is 3.84. The zero-order valence-corrected chi connectivity index (χ0v) is 9.95. The molecule has 2 heterocycles. The molecule has 82 valence electrons. The van der Waals surface area contributed by atoms with E-state index < -0.39 is 0 Å². The first-order valence-electron chi connectivity index (χ1n) is 5.79. The molecule has 2 rings (SSSR count). The summed E-state index contributed by atoms with van der Waals surface area (Å²) in [6, 6.07) is 4.37. The number of hydrogen-bond donors (Lipinski definition) is 0. The molecule has 15 heavy (non-hydrogen) atoms. The average molecular weight is 204 g/mol. The monoisotopic (exact) mass is 204 g/mol. The molecule has 0 unspecified atom stereocenters. The summed E-state index contributed by atoms with van der Waals surface area (Å²) in [5.41, 5.74) is 2.61. The van der Waals surface area contributed by atoms with Gasteiger partial charge in [0.05, 0.1) is 11.9 Å². The summed E-state index contributed by atoms with van der Waals surface area (Å²) < 4.78 is 0. The molecule has 0 radical (unpaired) electrons. The fraction of sp³-hybridized carbons (Fsp3) is 0.615. The van der Waals surface area contributed by atoms with E-state index in [4.69, 9.17) is 0 Å². The van der Waals surface area contributed by atoms with Crippen LogP contribution in [0.15, 0.2) is 18.3 Å². The van der Waals surface area contributed by atoms with E-state index in [2.05, 4.69) is 42.8 Å². The van der Waals surface area contributed by atoms with E-state index in [0.717, 1.165) is 0 Å². The summed E-state index contributed by atoms with van der Waals surface area (Å²) in [5, 5.41) is 0. The molecule has 1 aliphatic rings. The molecule has 1 fully saturated rings. The maximum Gasteiger partial charge on any atom is 0.0552 e. The number of rotatable bonds is 1. The van der Waals surface area contributed by atoms with Gasteiger partial charge in [-0.25, -0.2) is 0 Å². The van der Waals surface area contributed by atoms with Gasteiger partial charge in [-0.3, -0.25) is 4.98 Å². The molecule has 0 aliphatic carbocycles. The molecule has 1 aliphatic heterocycles. The van der Waals surface area contributed by atoms with E-state index in [9.17, 15) is 0 Å².